The number of amides is 1. The summed E-state index contributed by atoms with van der Waals surface area (Å²) in [4.78, 5) is 23.7. The molecule has 0 bridgehead atoms. The van der Waals surface area contributed by atoms with E-state index in [-0.39, 0.29) is 17.3 Å². The van der Waals surface area contributed by atoms with Crippen molar-refractivity contribution in [3.05, 3.63) is 99.7 Å². The van der Waals surface area contributed by atoms with Gasteiger partial charge in [-0.15, -0.1) is 11.8 Å². The number of non-ortho nitro benzene ring substituents is 1. The number of fused-ring (bicyclic) bond motifs is 1. The number of carbonyl (C=O) groups excluding carboxylic acids is 1. The fraction of sp³-hybridized carbons (Fsp3) is 0.0870. The van der Waals surface area contributed by atoms with Crippen molar-refractivity contribution in [1.29, 1.82) is 0 Å². The highest BCUT2D eigenvalue weighted by Gasteiger charge is 2.12. The third-order valence-corrected chi connectivity index (χ3v) is 6.18. The zero-order valence-electron chi connectivity index (χ0n) is 16.3. The summed E-state index contributed by atoms with van der Waals surface area (Å²) >= 11 is 7.78. The van der Waals surface area contributed by atoms with E-state index in [0.717, 1.165) is 26.4 Å². The predicted molar refractivity (Wildman–Crippen MR) is 125 cm³/mol. The lowest BCUT2D eigenvalue weighted by Gasteiger charge is -2.07. The maximum absolute atomic E-state index is 12.4. The van der Waals surface area contributed by atoms with Crippen molar-refractivity contribution < 1.29 is 9.72 Å². The number of carbonyl (C=O) groups is 1. The van der Waals surface area contributed by atoms with E-state index in [1.165, 1.54) is 36.0 Å². The van der Waals surface area contributed by atoms with Crippen LogP contribution in [0.15, 0.2) is 83.9 Å². The van der Waals surface area contributed by atoms with Crippen molar-refractivity contribution >= 4 is 51.5 Å². The number of hydrogen-bond acceptors (Lipinski definition) is 4. The Labute approximate surface area is 188 Å². The topological polar surface area (TPSA) is 77.2 Å². The number of thioether (sulfide) groups is 1. The summed E-state index contributed by atoms with van der Waals surface area (Å²) < 4.78 is 2.13. The van der Waals surface area contributed by atoms with Crippen LogP contribution in [0.4, 0.5) is 11.4 Å². The molecule has 1 amide bonds. The first-order valence-corrected chi connectivity index (χ1v) is 10.9. The lowest BCUT2D eigenvalue weighted by molar-refractivity contribution is -0.384. The molecule has 0 spiro atoms. The summed E-state index contributed by atoms with van der Waals surface area (Å²) in [6.07, 6.45) is 2.04. The van der Waals surface area contributed by atoms with Crippen molar-refractivity contribution in [1.82, 2.24) is 4.57 Å². The van der Waals surface area contributed by atoms with E-state index in [9.17, 15) is 14.9 Å². The normalized spacial score (nSPS) is 10.9. The largest absolute Gasteiger partial charge is 0.342 e. The second-order valence-corrected chi connectivity index (χ2v) is 8.30. The molecule has 0 unspecified atom stereocenters. The number of anilines is 1. The van der Waals surface area contributed by atoms with Crippen LogP contribution in [0.3, 0.4) is 0 Å². The van der Waals surface area contributed by atoms with Crippen LogP contribution in [0.1, 0.15) is 5.56 Å². The molecule has 0 atom stereocenters. The quantitative estimate of drug-likeness (QED) is 0.213. The molecule has 6 nitrogen and oxygen atoms in total. The Bertz CT molecular complexity index is 1250. The molecule has 0 aliphatic heterocycles. The van der Waals surface area contributed by atoms with Crippen molar-refractivity contribution in [2.75, 3.05) is 11.1 Å². The number of rotatable bonds is 7. The minimum atomic E-state index is -0.472. The van der Waals surface area contributed by atoms with E-state index in [1.807, 2.05) is 54.7 Å². The highest BCUT2D eigenvalue weighted by Crippen LogP contribution is 2.31. The van der Waals surface area contributed by atoms with Gasteiger partial charge < -0.3 is 9.88 Å². The van der Waals surface area contributed by atoms with Gasteiger partial charge in [-0.3, -0.25) is 14.9 Å². The van der Waals surface area contributed by atoms with Crippen molar-refractivity contribution in [2.24, 2.45) is 0 Å². The monoisotopic (exact) mass is 451 g/mol. The molecule has 156 valence electrons. The Kier molecular flexibility index (Phi) is 6.25. The van der Waals surface area contributed by atoms with Gasteiger partial charge in [0.1, 0.15) is 0 Å². The highest BCUT2D eigenvalue weighted by molar-refractivity contribution is 8.00. The van der Waals surface area contributed by atoms with Crippen LogP contribution < -0.4 is 5.32 Å². The van der Waals surface area contributed by atoms with E-state index in [2.05, 4.69) is 9.88 Å². The lowest BCUT2D eigenvalue weighted by Crippen LogP contribution is -2.13. The molecular weight excluding hydrogens is 434 g/mol. The number of nitrogens with one attached hydrogen (secondary N) is 1. The molecule has 0 saturated carbocycles. The maximum atomic E-state index is 12.4. The Hall–Kier alpha value is -3.29. The molecule has 1 heterocycles. The van der Waals surface area contributed by atoms with Gasteiger partial charge in [-0.25, -0.2) is 0 Å². The van der Waals surface area contributed by atoms with Crippen LogP contribution in [-0.4, -0.2) is 21.2 Å². The summed E-state index contributed by atoms with van der Waals surface area (Å²) in [5.74, 6) is 0.0404. The van der Waals surface area contributed by atoms with E-state index >= 15 is 0 Å². The molecule has 31 heavy (non-hydrogen) atoms. The Morgan fingerprint density at radius 1 is 1.03 bits per heavy atom. The van der Waals surface area contributed by atoms with Crippen LogP contribution in [0.5, 0.6) is 0 Å². The Balaban J connectivity index is 1.47. The molecule has 0 fully saturated rings. The molecule has 4 aromatic rings. The van der Waals surface area contributed by atoms with Gasteiger partial charge in [0.25, 0.3) is 5.69 Å². The van der Waals surface area contributed by atoms with Gasteiger partial charge in [0.2, 0.25) is 5.91 Å². The first-order valence-electron chi connectivity index (χ1n) is 9.49. The minimum absolute atomic E-state index is 0.0151. The Morgan fingerprint density at radius 3 is 2.48 bits per heavy atom. The third-order valence-electron chi connectivity index (χ3n) is 4.77. The molecule has 8 heteroatoms. The van der Waals surface area contributed by atoms with Crippen LogP contribution >= 0.6 is 23.4 Å². The van der Waals surface area contributed by atoms with Gasteiger partial charge in [0.05, 0.1) is 10.7 Å². The molecule has 1 N–H and O–H groups in total. The maximum Gasteiger partial charge on any atom is 0.269 e. The molecule has 0 aliphatic rings. The molecule has 0 aliphatic carbocycles. The molecule has 3 aromatic carbocycles. The molecule has 1 aromatic heterocycles. The average Bonchev–Trinajstić information content (AvgIpc) is 3.12. The Morgan fingerprint density at radius 2 is 1.74 bits per heavy atom. The molecule has 0 saturated heterocycles. The van der Waals surface area contributed by atoms with E-state index in [0.29, 0.717) is 12.2 Å². The second-order valence-electron chi connectivity index (χ2n) is 6.87. The minimum Gasteiger partial charge on any atom is -0.342 e. The van der Waals surface area contributed by atoms with Crippen molar-refractivity contribution in [3.63, 3.8) is 0 Å². The summed E-state index contributed by atoms with van der Waals surface area (Å²) in [6.45, 7) is 0.635. The number of nitro benzene ring substituents is 1. The fourth-order valence-corrected chi connectivity index (χ4v) is 4.36. The first kappa shape index (κ1) is 21.0. The molecule has 0 radical (unpaired) electrons. The SMILES string of the molecule is O=C(CSc1cn(Cc2ccccc2Cl)c2ccccc12)Nc1ccc([N+](=O)[O-])cc1. The third kappa shape index (κ3) is 4.90. The van der Waals surface area contributed by atoms with Gasteiger partial charge in [-0.05, 0) is 29.8 Å². The van der Waals surface area contributed by atoms with Gasteiger partial charge >= 0.3 is 0 Å². The smallest absolute Gasteiger partial charge is 0.269 e. The van der Waals surface area contributed by atoms with E-state index in [4.69, 9.17) is 11.6 Å². The number of aromatic nitrogens is 1. The average molecular weight is 452 g/mol. The highest BCUT2D eigenvalue weighted by atomic mass is 35.5. The van der Waals surface area contributed by atoms with Crippen LogP contribution in [-0.2, 0) is 11.3 Å². The number of benzene rings is 3. The van der Waals surface area contributed by atoms with Crippen molar-refractivity contribution in [2.45, 2.75) is 11.4 Å². The summed E-state index contributed by atoms with van der Waals surface area (Å²) in [5, 5.41) is 15.3. The van der Waals surface area contributed by atoms with Gasteiger partial charge in [-0.2, -0.15) is 0 Å². The second kappa shape index (κ2) is 9.24. The summed E-state index contributed by atoms with van der Waals surface area (Å²) in [5.41, 5.74) is 2.61. The number of nitro groups is 1. The van der Waals surface area contributed by atoms with Gasteiger partial charge in [0.15, 0.2) is 0 Å². The molecular formula is C23H18ClN3O3S. The summed E-state index contributed by atoms with van der Waals surface area (Å²) in [7, 11) is 0. The van der Waals surface area contributed by atoms with Gasteiger partial charge in [0, 0.05) is 51.4 Å². The van der Waals surface area contributed by atoms with E-state index < -0.39 is 4.92 Å². The zero-order valence-corrected chi connectivity index (χ0v) is 17.9. The number of para-hydroxylation sites is 1. The number of hydrogen-bond donors (Lipinski definition) is 1. The van der Waals surface area contributed by atoms with Crippen molar-refractivity contribution in [3.8, 4) is 0 Å². The standard InChI is InChI=1S/C23H18ClN3O3S/c24-20-7-3-1-5-16(20)13-26-14-22(19-6-2-4-8-21(19)26)31-15-23(28)25-17-9-11-18(12-10-17)27(29)30/h1-12,14H,13,15H2,(H,25,28). The lowest BCUT2D eigenvalue weighted by atomic mass is 10.2. The number of halogens is 1. The predicted octanol–water partition coefficient (Wildman–Crippen LogP) is 5.98. The zero-order chi connectivity index (χ0) is 21.8. The fourth-order valence-electron chi connectivity index (χ4n) is 3.28. The van der Waals surface area contributed by atoms with E-state index in [1.54, 1.807) is 0 Å². The van der Waals surface area contributed by atoms with Crippen LogP contribution in [0, 0.1) is 10.1 Å². The number of nitrogens with zero attached hydrogens (tertiary/aromatic N) is 2. The molecule has 4 rings (SSSR count). The first-order chi connectivity index (χ1) is 15.0. The van der Waals surface area contributed by atoms with Gasteiger partial charge in [-0.1, -0.05) is 48.0 Å². The van der Waals surface area contributed by atoms with Crippen LogP contribution in [0.25, 0.3) is 10.9 Å². The van der Waals surface area contributed by atoms with Crippen LogP contribution in [0.2, 0.25) is 5.02 Å². The summed E-state index contributed by atoms with van der Waals surface area (Å²) in [6, 6.07) is 21.6.